The van der Waals surface area contributed by atoms with Crippen molar-refractivity contribution in [1.29, 1.82) is 5.26 Å². The summed E-state index contributed by atoms with van der Waals surface area (Å²) in [6, 6.07) is 16.4. The van der Waals surface area contributed by atoms with Crippen molar-refractivity contribution in [3.63, 3.8) is 0 Å². The van der Waals surface area contributed by atoms with Crippen molar-refractivity contribution in [2.75, 3.05) is 7.11 Å². The molecule has 0 aliphatic rings. The molecule has 33 heavy (non-hydrogen) atoms. The van der Waals surface area contributed by atoms with Gasteiger partial charge in [-0.1, -0.05) is 24.3 Å². The Labute approximate surface area is 190 Å². The SMILES string of the molecule is COc1ccc(-n2/c(=N\C#N)n(C)c3cnc4ccc(-c5c(C)cccc5C)cc4c32)cn1. The van der Waals surface area contributed by atoms with Crippen molar-refractivity contribution in [2.45, 2.75) is 13.8 Å². The van der Waals surface area contributed by atoms with Crippen molar-refractivity contribution < 1.29 is 4.74 Å². The molecule has 0 fully saturated rings. The summed E-state index contributed by atoms with van der Waals surface area (Å²) in [5, 5.41) is 10.4. The number of aromatic nitrogens is 4. The van der Waals surface area contributed by atoms with Crippen LogP contribution in [0.4, 0.5) is 0 Å². The van der Waals surface area contributed by atoms with Crippen LogP contribution >= 0.6 is 0 Å². The molecule has 0 spiro atoms. The second-order valence-electron chi connectivity index (χ2n) is 7.96. The van der Waals surface area contributed by atoms with E-state index in [0.717, 1.165) is 33.2 Å². The lowest BCUT2D eigenvalue weighted by Gasteiger charge is -2.12. The summed E-state index contributed by atoms with van der Waals surface area (Å²) in [6.07, 6.45) is 5.47. The average Bonchev–Trinajstić information content (AvgIpc) is 3.11. The first kappa shape index (κ1) is 20.5. The number of rotatable bonds is 3. The predicted octanol–water partition coefficient (Wildman–Crippen LogP) is 4.59. The lowest BCUT2D eigenvalue weighted by molar-refractivity contribution is 0.398. The molecule has 0 bridgehead atoms. The van der Waals surface area contributed by atoms with Gasteiger partial charge >= 0.3 is 0 Å². The van der Waals surface area contributed by atoms with Gasteiger partial charge < -0.3 is 9.30 Å². The van der Waals surface area contributed by atoms with Gasteiger partial charge in [-0.3, -0.25) is 9.55 Å². The highest BCUT2D eigenvalue weighted by Crippen LogP contribution is 2.32. The topological polar surface area (TPSA) is 81.0 Å². The third kappa shape index (κ3) is 3.24. The first-order valence-electron chi connectivity index (χ1n) is 10.5. The van der Waals surface area contributed by atoms with E-state index >= 15 is 0 Å². The molecule has 0 saturated heterocycles. The van der Waals surface area contributed by atoms with Gasteiger partial charge in [-0.15, -0.1) is 4.99 Å². The molecule has 0 unspecified atom stereocenters. The Morgan fingerprint density at radius 2 is 1.79 bits per heavy atom. The Hall–Kier alpha value is -4.44. The van der Waals surface area contributed by atoms with Crippen LogP contribution in [0.1, 0.15) is 11.1 Å². The summed E-state index contributed by atoms with van der Waals surface area (Å²) < 4.78 is 9.05. The summed E-state index contributed by atoms with van der Waals surface area (Å²) in [5.74, 6) is 0.516. The molecule has 5 aromatic rings. The lowest BCUT2D eigenvalue weighted by atomic mass is 9.94. The summed E-state index contributed by atoms with van der Waals surface area (Å²) in [4.78, 5) is 13.2. The number of benzene rings is 2. The van der Waals surface area contributed by atoms with Gasteiger partial charge in [0.25, 0.3) is 0 Å². The van der Waals surface area contributed by atoms with Gasteiger partial charge in [0, 0.05) is 18.5 Å². The standard InChI is InChI=1S/C26H22N6O/c1-16-6-5-7-17(2)24(16)18-8-10-21-20(12-18)25-22(14-28-21)31(3)26(30-15-27)32(25)19-9-11-23(33-4)29-13-19/h5-14H,1-4H3/b30-26-. The number of hydrogen-bond acceptors (Lipinski definition) is 5. The number of methoxy groups -OCH3 is 1. The van der Waals surface area contributed by atoms with E-state index < -0.39 is 0 Å². The number of nitrogens with zero attached hydrogens (tertiary/aromatic N) is 6. The third-order valence-corrected chi connectivity index (χ3v) is 6.01. The fourth-order valence-electron chi connectivity index (χ4n) is 4.47. The van der Waals surface area contributed by atoms with Crippen LogP contribution in [-0.4, -0.2) is 26.2 Å². The average molecular weight is 435 g/mol. The molecule has 3 heterocycles. The van der Waals surface area contributed by atoms with Crippen LogP contribution in [0.15, 0.2) is 65.9 Å². The van der Waals surface area contributed by atoms with Crippen molar-refractivity contribution in [3.05, 3.63) is 77.7 Å². The number of imidazole rings is 1. The van der Waals surface area contributed by atoms with Gasteiger partial charge in [0.1, 0.15) is 0 Å². The summed E-state index contributed by atoms with van der Waals surface area (Å²) in [6.45, 7) is 4.25. The zero-order valence-electron chi connectivity index (χ0n) is 18.9. The molecule has 7 heteroatoms. The Morgan fingerprint density at radius 1 is 1.00 bits per heavy atom. The fraction of sp³-hybridized carbons (Fsp3) is 0.154. The molecular weight excluding hydrogens is 412 g/mol. The van der Waals surface area contributed by atoms with Gasteiger partial charge in [-0.05, 0) is 54.3 Å². The van der Waals surface area contributed by atoms with Crippen LogP contribution in [-0.2, 0) is 7.05 Å². The molecule has 0 amide bonds. The van der Waals surface area contributed by atoms with Crippen LogP contribution in [0, 0.1) is 25.3 Å². The van der Waals surface area contributed by atoms with Gasteiger partial charge in [0.2, 0.25) is 17.7 Å². The van der Waals surface area contributed by atoms with Gasteiger partial charge in [0.05, 0.1) is 41.7 Å². The molecule has 162 valence electrons. The summed E-state index contributed by atoms with van der Waals surface area (Å²) in [7, 11) is 3.46. The van der Waals surface area contributed by atoms with E-state index in [1.165, 1.54) is 16.7 Å². The maximum absolute atomic E-state index is 9.40. The van der Waals surface area contributed by atoms with Crippen LogP contribution in [0.3, 0.4) is 0 Å². The molecular formula is C26H22N6O. The van der Waals surface area contributed by atoms with E-state index in [0.29, 0.717) is 11.5 Å². The Bertz CT molecular complexity index is 1610. The quantitative estimate of drug-likeness (QED) is 0.389. The Kier molecular flexibility index (Phi) is 4.91. The highest BCUT2D eigenvalue weighted by molar-refractivity contribution is 6.04. The normalized spacial score (nSPS) is 11.8. The van der Waals surface area contributed by atoms with E-state index in [1.54, 1.807) is 19.4 Å². The summed E-state index contributed by atoms with van der Waals surface area (Å²) in [5.41, 5.74) is 8.68. The third-order valence-electron chi connectivity index (χ3n) is 6.01. The molecule has 5 rings (SSSR count). The minimum absolute atomic E-state index is 0.492. The summed E-state index contributed by atoms with van der Waals surface area (Å²) >= 11 is 0. The maximum atomic E-state index is 9.40. The van der Waals surface area contributed by atoms with E-state index in [9.17, 15) is 5.26 Å². The second-order valence-corrected chi connectivity index (χ2v) is 7.96. The monoisotopic (exact) mass is 434 g/mol. The Balaban J connectivity index is 1.92. The van der Waals surface area contributed by atoms with E-state index in [4.69, 9.17) is 9.72 Å². The van der Waals surface area contributed by atoms with Gasteiger partial charge in [-0.25, -0.2) is 4.98 Å². The predicted molar refractivity (Wildman–Crippen MR) is 128 cm³/mol. The molecule has 0 atom stereocenters. The van der Waals surface area contributed by atoms with Crippen LogP contribution < -0.4 is 10.4 Å². The minimum atomic E-state index is 0.492. The van der Waals surface area contributed by atoms with Crippen LogP contribution in [0.25, 0.3) is 38.8 Å². The number of pyridine rings is 2. The van der Waals surface area contributed by atoms with Crippen molar-refractivity contribution in [1.82, 2.24) is 19.1 Å². The smallest absolute Gasteiger partial charge is 0.226 e. The number of fused-ring (bicyclic) bond motifs is 3. The molecule has 3 aromatic heterocycles. The first-order chi connectivity index (χ1) is 16.0. The number of hydrogen-bond donors (Lipinski definition) is 0. The van der Waals surface area contributed by atoms with Gasteiger partial charge in [-0.2, -0.15) is 5.26 Å². The molecule has 0 N–H and O–H groups in total. The van der Waals surface area contributed by atoms with E-state index in [-0.39, 0.29) is 0 Å². The first-order valence-corrected chi connectivity index (χ1v) is 10.5. The maximum Gasteiger partial charge on any atom is 0.226 e. The molecule has 7 nitrogen and oxygen atoms in total. The van der Waals surface area contributed by atoms with E-state index in [1.807, 2.05) is 40.7 Å². The van der Waals surface area contributed by atoms with Gasteiger partial charge in [0.15, 0.2) is 0 Å². The molecule has 0 aliphatic heterocycles. The minimum Gasteiger partial charge on any atom is -0.481 e. The largest absolute Gasteiger partial charge is 0.481 e. The van der Waals surface area contributed by atoms with Crippen LogP contribution in [0.2, 0.25) is 0 Å². The Morgan fingerprint density at radius 3 is 2.45 bits per heavy atom. The van der Waals surface area contributed by atoms with Crippen LogP contribution in [0.5, 0.6) is 5.88 Å². The number of aryl methyl sites for hydroxylation is 3. The van der Waals surface area contributed by atoms with Crippen molar-refractivity contribution in [3.8, 4) is 28.9 Å². The molecule has 0 aliphatic carbocycles. The highest BCUT2D eigenvalue weighted by atomic mass is 16.5. The van der Waals surface area contributed by atoms with Crippen molar-refractivity contribution in [2.24, 2.45) is 12.0 Å². The zero-order chi connectivity index (χ0) is 23.1. The molecule has 2 aromatic carbocycles. The highest BCUT2D eigenvalue weighted by Gasteiger charge is 2.17. The lowest BCUT2D eigenvalue weighted by Crippen LogP contribution is -2.22. The molecule has 0 saturated carbocycles. The number of nitriles is 1. The van der Waals surface area contributed by atoms with Crippen molar-refractivity contribution >= 4 is 21.9 Å². The zero-order valence-corrected chi connectivity index (χ0v) is 18.9. The van der Waals surface area contributed by atoms with E-state index in [2.05, 4.69) is 54.2 Å². The molecule has 0 radical (unpaired) electrons. The fourth-order valence-corrected chi connectivity index (χ4v) is 4.47. The second kappa shape index (κ2) is 7.92. The number of ether oxygens (including phenoxy) is 1.